The van der Waals surface area contributed by atoms with E-state index in [9.17, 15) is 8.42 Å². The van der Waals surface area contributed by atoms with Crippen molar-refractivity contribution in [3.8, 4) is 0 Å². The molecule has 19 heavy (non-hydrogen) atoms. The number of ether oxygens (including phenoxy) is 1. The van der Waals surface area contributed by atoms with Crippen LogP contribution in [0.3, 0.4) is 0 Å². The van der Waals surface area contributed by atoms with Gasteiger partial charge in [0, 0.05) is 45.2 Å². The van der Waals surface area contributed by atoms with E-state index in [4.69, 9.17) is 10.5 Å². The fourth-order valence-electron chi connectivity index (χ4n) is 2.10. The van der Waals surface area contributed by atoms with Gasteiger partial charge in [0.2, 0.25) is 10.0 Å². The number of methoxy groups -OCH3 is 1. The second-order valence-electron chi connectivity index (χ2n) is 4.49. The highest BCUT2D eigenvalue weighted by Gasteiger charge is 2.28. The van der Waals surface area contributed by atoms with Crippen molar-refractivity contribution < 1.29 is 13.2 Å². The maximum atomic E-state index is 12.6. The molecule has 0 spiro atoms. The zero-order valence-electron chi connectivity index (χ0n) is 12.0. The maximum absolute atomic E-state index is 12.6. The molecular formula is C12H23N3O3S. The van der Waals surface area contributed by atoms with Gasteiger partial charge in [-0.2, -0.15) is 4.31 Å². The highest BCUT2D eigenvalue weighted by molar-refractivity contribution is 7.89. The summed E-state index contributed by atoms with van der Waals surface area (Å²) in [6.45, 7) is 4.73. The molecule has 1 atom stereocenters. The summed E-state index contributed by atoms with van der Waals surface area (Å²) in [7, 11) is -0.158. The van der Waals surface area contributed by atoms with Crippen molar-refractivity contribution in [2.24, 2.45) is 12.8 Å². The largest absolute Gasteiger partial charge is 0.383 e. The van der Waals surface area contributed by atoms with Crippen molar-refractivity contribution in [3.63, 3.8) is 0 Å². The van der Waals surface area contributed by atoms with Crippen LogP contribution in [-0.2, 0) is 28.4 Å². The first kappa shape index (κ1) is 16.2. The Morgan fingerprint density at radius 1 is 1.53 bits per heavy atom. The second-order valence-corrected chi connectivity index (χ2v) is 6.39. The summed E-state index contributed by atoms with van der Waals surface area (Å²) in [6, 6.07) is 1.42. The molecule has 0 fully saturated rings. The van der Waals surface area contributed by atoms with Crippen LogP contribution in [0.15, 0.2) is 17.2 Å². The van der Waals surface area contributed by atoms with Gasteiger partial charge >= 0.3 is 0 Å². The molecule has 0 radical (unpaired) electrons. The minimum absolute atomic E-state index is 0.207. The normalized spacial score (nSPS) is 14.0. The van der Waals surface area contributed by atoms with E-state index in [0.717, 1.165) is 5.69 Å². The fraction of sp³-hybridized carbons (Fsp3) is 0.667. The van der Waals surface area contributed by atoms with Gasteiger partial charge < -0.3 is 15.0 Å². The van der Waals surface area contributed by atoms with E-state index < -0.39 is 10.0 Å². The molecule has 1 heterocycles. The summed E-state index contributed by atoms with van der Waals surface area (Å²) in [5.74, 6) is 0. The molecule has 2 N–H and O–H groups in total. The van der Waals surface area contributed by atoms with E-state index in [1.54, 1.807) is 31.0 Å². The maximum Gasteiger partial charge on any atom is 0.244 e. The lowest BCUT2D eigenvalue weighted by molar-refractivity contribution is 0.142. The molecule has 110 valence electrons. The lowest BCUT2D eigenvalue weighted by atomic mass is 10.4. The average Bonchev–Trinajstić information content (AvgIpc) is 2.72. The molecule has 1 rings (SSSR count). The Bertz CT molecular complexity index is 510. The first-order valence-corrected chi connectivity index (χ1v) is 7.68. The molecule has 6 nitrogen and oxygen atoms in total. The molecule has 1 unspecified atom stereocenters. The molecule has 0 amide bonds. The number of aromatic nitrogens is 1. The third kappa shape index (κ3) is 3.36. The molecule has 0 bridgehead atoms. The number of aryl methyl sites for hydroxylation is 1. The summed E-state index contributed by atoms with van der Waals surface area (Å²) >= 11 is 0. The van der Waals surface area contributed by atoms with Crippen molar-refractivity contribution in [2.75, 3.05) is 20.3 Å². The Balaban J connectivity index is 3.12. The quantitative estimate of drug-likeness (QED) is 0.794. The zero-order valence-corrected chi connectivity index (χ0v) is 12.8. The van der Waals surface area contributed by atoms with Crippen LogP contribution in [0.25, 0.3) is 0 Å². The number of hydrogen-bond donors (Lipinski definition) is 1. The molecule has 0 aliphatic rings. The summed E-state index contributed by atoms with van der Waals surface area (Å²) in [6.07, 6.45) is 1.60. The van der Waals surface area contributed by atoms with Crippen LogP contribution in [0, 0.1) is 0 Å². The number of nitrogens with two attached hydrogens (primary N) is 1. The van der Waals surface area contributed by atoms with Crippen LogP contribution in [0.1, 0.15) is 19.5 Å². The molecule has 0 aliphatic carbocycles. The predicted octanol–water partition coefficient (Wildman–Crippen LogP) is 0.529. The summed E-state index contributed by atoms with van der Waals surface area (Å²) in [5.41, 5.74) is 6.36. The van der Waals surface area contributed by atoms with Crippen molar-refractivity contribution in [3.05, 3.63) is 18.0 Å². The van der Waals surface area contributed by atoms with Gasteiger partial charge in [-0.15, -0.1) is 0 Å². The minimum atomic E-state index is -3.51. The Morgan fingerprint density at radius 3 is 2.58 bits per heavy atom. The lowest BCUT2D eigenvalue weighted by Gasteiger charge is -2.26. The topological polar surface area (TPSA) is 77.6 Å². The van der Waals surface area contributed by atoms with E-state index in [1.807, 2.05) is 13.8 Å². The van der Waals surface area contributed by atoms with E-state index in [1.165, 1.54) is 4.31 Å². The number of likely N-dealkylation sites (N-methyl/N-ethyl adjacent to an activating group) is 1. The van der Waals surface area contributed by atoms with Crippen LogP contribution >= 0.6 is 0 Å². The molecule has 7 heteroatoms. The van der Waals surface area contributed by atoms with Gasteiger partial charge in [0.25, 0.3) is 0 Å². The Kier molecular flexibility index (Phi) is 5.54. The second kappa shape index (κ2) is 6.51. The predicted molar refractivity (Wildman–Crippen MR) is 74.2 cm³/mol. The molecule has 1 aromatic rings. The Labute approximate surface area is 115 Å². The highest BCUT2D eigenvalue weighted by Crippen LogP contribution is 2.20. The SMILES string of the molecule is CCN(C(C)COC)S(=O)(=O)c1cc(CN)n(C)c1. The first-order valence-electron chi connectivity index (χ1n) is 6.24. The third-order valence-electron chi connectivity index (χ3n) is 3.11. The van der Waals surface area contributed by atoms with Crippen molar-refractivity contribution in [2.45, 2.75) is 31.3 Å². The number of rotatable bonds is 7. The molecule has 1 aromatic heterocycles. The van der Waals surface area contributed by atoms with Gasteiger partial charge in [-0.25, -0.2) is 8.42 Å². The Morgan fingerprint density at radius 2 is 2.16 bits per heavy atom. The summed E-state index contributed by atoms with van der Waals surface area (Å²) in [5, 5.41) is 0. The van der Waals surface area contributed by atoms with Crippen LogP contribution < -0.4 is 5.73 Å². The monoisotopic (exact) mass is 289 g/mol. The van der Waals surface area contributed by atoms with Gasteiger partial charge in [0.05, 0.1) is 6.61 Å². The number of nitrogens with zero attached hydrogens (tertiary/aromatic N) is 2. The Hall–Kier alpha value is -0.890. The van der Waals surface area contributed by atoms with Crippen LogP contribution in [0.2, 0.25) is 0 Å². The van der Waals surface area contributed by atoms with Crippen molar-refractivity contribution >= 4 is 10.0 Å². The van der Waals surface area contributed by atoms with Crippen LogP contribution in [0.4, 0.5) is 0 Å². The van der Waals surface area contributed by atoms with E-state index in [0.29, 0.717) is 19.7 Å². The van der Waals surface area contributed by atoms with E-state index >= 15 is 0 Å². The van der Waals surface area contributed by atoms with Gasteiger partial charge in [-0.05, 0) is 13.0 Å². The van der Waals surface area contributed by atoms with Crippen molar-refractivity contribution in [1.82, 2.24) is 8.87 Å². The molecule has 0 saturated carbocycles. The van der Waals surface area contributed by atoms with Gasteiger partial charge in [0.15, 0.2) is 0 Å². The standard InChI is InChI=1S/C12H23N3O3S/c1-5-15(10(2)9-18-4)19(16,17)12-6-11(7-13)14(3)8-12/h6,8,10H,5,7,9,13H2,1-4H3. The average molecular weight is 289 g/mol. The highest BCUT2D eigenvalue weighted by atomic mass is 32.2. The minimum Gasteiger partial charge on any atom is -0.383 e. The molecule has 0 aliphatic heterocycles. The molecular weight excluding hydrogens is 266 g/mol. The van der Waals surface area contributed by atoms with Gasteiger partial charge in [0.1, 0.15) is 4.90 Å². The molecule has 0 saturated heterocycles. The first-order chi connectivity index (χ1) is 8.88. The van der Waals surface area contributed by atoms with Crippen LogP contribution in [-0.4, -0.2) is 43.6 Å². The van der Waals surface area contributed by atoms with Crippen LogP contribution in [0.5, 0.6) is 0 Å². The molecule has 0 aromatic carbocycles. The third-order valence-corrected chi connectivity index (χ3v) is 5.16. The van der Waals surface area contributed by atoms with E-state index in [2.05, 4.69) is 0 Å². The lowest BCUT2D eigenvalue weighted by Crippen LogP contribution is -2.40. The van der Waals surface area contributed by atoms with E-state index in [-0.39, 0.29) is 10.9 Å². The van der Waals surface area contributed by atoms with Gasteiger partial charge in [-0.1, -0.05) is 6.92 Å². The van der Waals surface area contributed by atoms with Gasteiger partial charge in [-0.3, -0.25) is 0 Å². The number of sulfonamides is 1. The summed E-state index contributed by atoms with van der Waals surface area (Å²) < 4.78 is 33.4. The van der Waals surface area contributed by atoms with Crippen molar-refractivity contribution in [1.29, 1.82) is 0 Å². The zero-order chi connectivity index (χ0) is 14.6. The smallest absolute Gasteiger partial charge is 0.244 e. The summed E-state index contributed by atoms with van der Waals surface area (Å²) in [4.78, 5) is 0.278. The number of hydrogen-bond acceptors (Lipinski definition) is 4. The fourth-order valence-corrected chi connectivity index (χ4v) is 3.82.